The predicted octanol–water partition coefficient (Wildman–Crippen LogP) is 3.95. The molecule has 84 valence electrons. The topological polar surface area (TPSA) is 56.3 Å². The van der Waals surface area contributed by atoms with Crippen LogP contribution in [0.3, 0.4) is 0 Å². The zero-order chi connectivity index (χ0) is 11.7. The SMILES string of the molecule is O=[N+]([O-])c1ccc(C=C2SC(S)=C(S)S2)o1. The highest BCUT2D eigenvalue weighted by molar-refractivity contribution is 8.37. The summed E-state index contributed by atoms with van der Waals surface area (Å²) >= 11 is 11.3. The molecule has 0 amide bonds. The molecule has 1 aliphatic rings. The summed E-state index contributed by atoms with van der Waals surface area (Å²) in [5.41, 5.74) is 0. The zero-order valence-corrected chi connectivity index (χ0v) is 11.0. The minimum Gasteiger partial charge on any atom is -0.401 e. The van der Waals surface area contributed by atoms with Crippen LogP contribution in [-0.2, 0) is 0 Å². The summed E-state index contributed by atoms with van der Waals surface area (Å²) in [6, 6.07) is 2.88. The van der Waals surface area contributed by atoms with E-state index >= 15 is 0 Å². The largest absolute Gasteiger partial charge is 0.433 e. The predicted molar refractivity (Wildman–Crippen MR) is 73.5 cm³/mol. The Balaban J connectivity index is 2.16. The number of nitro groups is 1. The Kier molecular flexibility index (Phi) is 3.63. The first-order valence-electron chi connectivity index (χ1n) is 4.00. The van der Waals surface area contributed by atoms with Crippen molar-refractivity contribution in [1.29, 1.82) is 0 Å². The van der Waals surface area contributed by atoms with Gasteiger partial charge in [-0.25, -0.2) is 0 Å². The molecule has 0 unspecified atom stereocenters. The smallest absolute Gasteiger partial charge is 0.401 e. The second-order valence-electron chi connectivity index (χ2n) is 2.71. The van der Waals surface area contributed by atoms with E-state index in [4.69, 9.17) is 4.42 Å². The molecule has 8 heteroatoms. The molecule has 4 nitrogen and oxygen atoms in total. The monoisotopic (exact) mass is 291 g/mol. The van der Waals surface area contributed by atoms with Crippen molar-refractivity contribution >= 4 is 60.7 Å². The van der Waals surface area contributed by atoms with Crippen molar-refractivity contribution in [2.24, 2.45) is 0 Å². The number of hydrogen-bond acceptors (Lipinski definition) is 7. The van der Waals surface area contributed by atoms with Gasteiger partial charge in [-0.05, 0) is 6.07 Å². The van der Waals surface area contributed by atoms with Crippen molar-refractivity contribution in [3.05, 3.63) is 40.7 Å². The number of thioether (sulfide) groups is 2. The lowest BCUT2D eigenvalue weighted by molar-refractivity contribution is -0.402. The molecule has 1 aliphatic heterocycles. The average molecular weight is 291 g/mol. The van der Waals surface area contributed by atoms with Crippen LogP contribution in [0.4, 0.5) is 5.88 Å². The highest BCUT2D eigenvalue weighted by Crippen LogP contribution is 2.52. The van der Waals surface area contributed by atoms with E-state index in [1.807, 2.05) is 0 Å². The summed E-state index contributed by atoms with van der Waals surface area (Å²) in [4.78, 5) is 9.84. The van der Waals surface area contributed by atoms with E-state index in [1.165, 1.54) is 29.6 Å². The third-order valence-corrected chi connectivity index (χ3v) is 5.17. The molecule has 2 heterocycles. The summed E-state index contributed by atoms with van der Waals surface area (Å²) in [6.45, 7) is 0. The number of rotatable bonds is 2. The molecule has 0 aromatic carbocycles. The maximum absolute atomic E-state index is 10.4. The van der Waals surface area contributed by atoms with Crippen LogP contribution >= 0.6 is 48.8 Å². The molecule has 2 rings (SSSR count). The molecule has 0 spiro atoms. The fourth-order valence-electron chi connectivity index (χ4n) is 0.992. The maximum atomic E-state index is 10.4. The Morgan fingerprint density at radius 2 is 1.94 bits per heavy atom. The van der Waals surface area contributed by atoms with Gasteiger partial charge in [0.2, 0.25) is 0 Å². The molecule has 0 aliphatic carbocycles. The van der Waals surface area contributed by atoms with E-state index in [-0.39, 0.29) is 5.88 Å². The Morgan fingerprint density at radius 3 is 2.44 bits per heavy atom. The standard InChI is InChI=1S/C8H5NO3S4/c10-9(11)5-2-1-4(12-5)3-6-15-7(13)8(14)16-6/h1-3,13-14H. The maximum Gasteiger partial charge on any atom is 0.433 e. The van der Waals surface area contributed by atoms with Crippen LogP contribution in [0.25, 0.3) is 6.08 Å². The third-order valence-electron chi connectivity index (χ3n) is 1.63. The molecule has 0 radical (unpaired) electrons. The van der Waals surface area contributed by atoms with Gasteiger partial charge in [0.1, 0.15) is 10.7 Å². The molecule has 1 aromatic rings. The lowest BCUT2D eigenvalue weighted by Gasteiger charge is -1.91. The van der Waals surface area contributed by atoms with Crippen LogP contribution in [0.5, 0.6) is 0 Å². The zero-order valence-electron chi connectivity index (χ0n) is 7.61. The molecule has 16 heavy (non-hydrogen) atoms. The van der Waals surface area contributed by atoms with E-state index in [0.717, 1.165) is 12.7 Å². The lowest BCUT2D eigenvalue weighted by atomic mass is 10.4. The number of furan rings is 1. The van der Waals surface area contributed by atoms with Gasteiger partial charge in [0.15, 0.2) is 0 Å². The van der Waals surface area contributed by atoms with Gasteiger partial charge in [0.05, 0.1) is 18.8 Å². The van der Waals surface area contributed by atoms with E-state index in [9.17, 15) is 10.1 Å². The van der Waals surface area contributed by atoms with E-state index in [0.29, 0.717) is 5.76 Å². The molecule has 1 aromatic heterocycles. The van der Waals surface area contributed by atoms with E-state index in [1.54, 1.807) is 12.1 Å². The van der Waals surface area contributed by atoms with Gasteiger partial charge in [-0.1, -0.05) is 23.5 Å². The fraction of sp³-hybridized carbons (Fsp3) is 0. The minimum atomic E-state index is -0.566. The van der Waals surface area contributed by atoms with E-state index in [2.05, 4.69) is 25.3 Å². The van der Waals surface area contributed by atoms with Gasteiger partial charge in [-0.15, -0.1) is 25.3 Å². The van der Waals surface area contributed by atoms with Crippen LogP contribution in [0.2, 0.25) is 0 Å². The van der Waals surface area contributed by atoms with Crippen LogP contribution in [0.15, 0.2) is 29.3 Å². The van der Waals surface area contributed by atoms with Crippen LogP contribution < -0.4 is 0 Å². The minimum absolute atomic E-state index is 0.259. The Morgan fingerprint density at radius 1 is 1.31 bits per heavy atom. The molecule has 0 bridgehead atoms. The molecule has 0 fully saturated rings. The normalized spacial score (nSPS) is 15.8. The molecular weight excluding hydrogens is 286 g/mol. The van der Waals surface area contributed by atoms with Crippen LogP contribution in [0.1, 0.15) is 5.76 Å². The van der Waals surface area contributed by atoms with Crippen molar-refractivity contribution in [1.82, 2.24) is 0 Å². The first-order chi connectivity index (χ1) is 7.56. The summed E-state index contributed by atoms with van der Waals surface area (Å²) in [5, 5.41) is 10.4. The first kappa shape index (κ1) is 12.0. The first-order valence-corrected chi connectivity index (χ1v) is 6.53. The highest BCUT2D eigenvalue weighted by atomic mass is 32.2. The lowest BCUT2D eigenvalue weighted by Crippen LogP contribution is -1.82. The molecular formula is C8H5NO3S4. The van der Waals surface area contributed by atoms with Gasteiger partial charge < -0.3 is 4.42 Å². The van der Waals surface area contributed by atoms with Crippen molar-refractivity contribution in [3.63, 3.8) is 0 Å². The quantitative estimate of drug-likeness (QED) is 0.491. The van der Waals surface area contributed by atoms with Gasteiger partial charge in [0, 0.05) is 6.08 Å². The average Bonchev–Trinajstić information content (AvgIpc) is 2.76. The highest BCUT2D eigenvalue weighted by Gasteiger charge is 2.17. The van der Waals surface area contributed by atoms with Crippen molar-refractivity contribution in [3.8, 4) is 0 Å². The third kappa shape index (κ3) is 2.62. The summed E-state index contributed by atoms with van der Waals surface area (Å²) in [5.74, 6) is 0.191. The van der Waals surface area contributed by atoms with Crippen LogP contribution in [-0.4, -0.2) is 4.92 Å². The van der Waals surface area contributed by atoms with Gasteiger partial charge in [-0.2, -0.15) is 0 Å². The number of hydrogen-bond donors (Lipinski definition) is 2. The molecule has 0 atom stereocenters. The number of thiol groups is 2. The van der Waals surface area contributed by atoms with Gasteiger partial charge in [-0.3, -0.25) is 10.1 Å². The van der Waals surface area contributed by atoms with Crippen molar-refractivity contribution < 1.29 is 9.34 Å². The Bertz CT molecular complexity index is 489. The second kappa shape index (κ2) is 4.82. The Hall–Kier alpha value is -0.440. The summed E-state index contributed by atoms with van der Waals surface area (Å²) in [6.07, 6.45) is 1.72. The van der Waals surface area contributed by atoms with Gasteiger partial charge in [0.25, 0.3) is 0 Å². The summed E-state index contributed by atoms with van der Waals surface area (Å²) < 4.78 is 7.58. The molecule has 0 saturated carbocycles. The second-order valence-corrected chi connectivity index (χ2v) is 6.57. The molecule has 0 N–H and O–H groups in total. The Labute approximate surface area is 111 Å². The fourth-order valence-corrected chi connectivity index (χ4v) is 4.05. The number of nitrogens with zero attached hydrogens (tertiary/aromatic N) is 1. The van der Waals surface area contributed by atoms with Crippen LogP contribution in [0, 0.1) is 10.1 Å². The van der Waals surface area contributed by atoms with Gasteiger partial charge >= 0.3 is 5.88 Å². The molecule has 0 saturated heterocycles. The van der Waals surface area contributed by atoms with E-state index < -0.39 is 4.92 Å². The van der Waals surface area contributed by atoms with Crippen molar-refractivity contribution in [2.75, 3.05) is 0 Å². The van der Waals surface area contributed by atoms with Crippen molar-refractivity contribution in [2.45, 2.75) is 0 Å². The summed E-state index contributed by atoms with van der Waals surface area (Å²) in [7, 11) is 0.